The van der Waals surface area contributed by atoms with Crippen LogP contribution in [-0.4, -0.2) is 72.6 Å². The van der Waals surface area contributed by atoms with Gasteiger partial charge in [0.2, 0.25) is 11.8 Å². The molecule has 0 aliphatic heterocycles. The molecule has 0 aromatic rings. The van der Waals surface area contributed by atoms with Gasteiger partial charge in [-0.2, -0.15) is 0 Å². The predicted molar refractivity (Wildman–Crippen MR) is 64.0 cm³/mol. The summed E-state index contributed by atoms with van der Waals surface area (Å²) in [5.41, 5.74) is 0. The van der Waals surface area contributed by atoms with Crippen molar-refractivity contribution in [1.29, 1.82) is 0 Å². The molecule has 0 atom stereocenters. The summed E-state index contributed by atoms with van der Waals surface area (Å²) in [5, 5.41) is 8.71. The number of carbonyl (C=O) groups is 3. The number of carbonyl (C=O) groups excluding carboxylic acids is 2. The fourth-order valence-corrected chi connectivity index (χ4v) is 1.32. The van der Waals surface area contributed by atoms with Gasteiger partial charge in [-0.25, -0.2) is 0 Å². The zero-order valence-electron chi connectivity index (χ0n) is 11.2. The second-order valence-electron chi connectivity index (χ2n) is 4.19. The fourth-order valence-electron chi connectivity index (χ4n) is 1.32. The molecule has 18 heavy (non-hydrogen) atoms. The van der Waals surface area contributed by atoms with Crippen molar-refractivity contribution in [1.82, 2.24) is 9.80 Å². The van der Waals surface area contributed by atoms with Gasteiger partial charge in [-0.1, -0.05) is 0 Å². The molecule has 0 unspecified atom stereocenters. The highest BCUT2D eigenvalue weighted by molar-refractivity contribution is 5.87. The van der Waals surface area contributed by atoms with Gasteiger partial charge in [0.1, 0.15) is 13.2 Å². The molecular weight excluding hydrogens is 240 g/mol. The Balaban J connectivity index is 4.51. The van der Waals surface area contributed by atoms with E-state index in [0.29, 0.717) is 0 Å². The Hall–Kier alpha value is -1.63. The summed E-state index contributed by atoms with van der Waals surface area (Å²) in [6, 6.07) is -0.237. The van der Waals surface area contributed by atoms with Gasteiger partial charge in [0.05, 0.1) is 6.54 Å². The van der Waals surface area contributed by atoms with E-state index in [1.54, 1.807) is 13.8 Å². The zero-order valence-corrected chi connectivity index (χ0v) is 11.2. The van der Waals surface area contributed by atoms with Gasteiger partial charge in [0.25, 0.3) is 0 Å². The molecular formula is C11H20N2O5. The molecule has 104 valence electrons. The maximum absolute atomic E-state index is 11.9. The molecule has 0 aromatic heterocycles. The van der Waals surface area contributed by atoms with Crippen LogP contribution in [0.5, 0.6) is 0 Å². The summed E-state index contributed by atoms with van der Waals surface area (Å²) in [7, 11) is 2.86. The minimum absolute atomic E-state index is 0.107. The number of ether oxygens (including phenoxy) is 1. The summed E-state index contributed by atoms with van der Waals surface area (Å²) in [6.45, 7) is 2.80. The van der Waals surface area contributed by atoms with E-state index in [2.05, 4.69) is 4.74 Å². The lowest BCUT2D eigenvalue weighted by atomic mass is 10.3. The molecule has 0 aliphatic carbocycles. The maximum Gasteiger partial charge on any atom is 0.323 e. The monoisotopic (exact) mass is 260 g/mol. The van der Waals surface area contributed by atoms with Crippen molar-refractivity contribution in [3.05, 3.63) is 0 Å². The average molecular weight is 260 g/mol. The Morgan fingerprint density at radius 1 is 1.17 bits per heavy atom. The van der Waals surface area contributed by atoms with Crippen LogP contribution in [0.25, 0.3) is 0 Å². The Kier molecular flexibility index (Phi) is 6.96. The lowest BCUT2D eigenvalue weighted by molar-refractivity contribution is -0.148. The molecule has 0 bridgehead atoms. The minimum Gasteiger partial charge on any atom is -0.480 e. The Labute approximate surface area is 106 Å². The van der Waals surface area contributed by atoms with E-state index in [9.17, 15) is 14.4 Å². The smallest absolute Gasteiger partial charge is 0.323 e. The number of hydrogen-bond acceptors (Lipinski definition) is 4. The summed E-state index contributed by atoms with van der Waals surface area (Å²) in [4.78, 5) is 36.3. The van der Waals surface area contributed by atoms with Gasteiger partial charge in [0, 0.05) is 20.2 Å². The van der Waals surface area contributed by atoms with Gasteiger partial charge in [-0.3, -0.25) is 14.4 Å². The van der Waals surface area contributed by atoms with Gasteiger partial charge in [-0.05, 0) is 13.8 Å². The number of carboxylic acid groups (broad SMARTS) is 1. The number of nitrogens with zero attached hydrogens (tertiary/aromatic N) is 2. The first-order chi connectivity index (χ1) is 8.29. The van der Waals surface area contributed by atoms with Crippen molar-refractivity contribution in [3.8, 4) is 0 Å². The van der Waals surface area contributed by atoms with Crippen molar-refractivity contribution in [2.45, 2.75) is 19.9 Å². The van der Waals surface area contributed by atoms with E-state index in [-0.39, 0.29) is 31.6 Å². The summed E-state index contributed by atoms with van der Waals surface area (Å²) >= 11 is 0. The number of aliphatic carboxylic acids is 1. The third kappa shape index (κ3) is 5.62. The second kappa shape index (κ2) is 7.65. The predicted octanol–water partition coefficient (Wildman–Crippen LogP) is -0.587. The standard InChI is InChI=1S/C11H20N2O5/c1-8(2)13(6-11(16)17)9(14)5-12(3)10(15)7-18-4/h8H,5-7H2,1-4H3,(H,16,17). The van der Waals surface area contributed by atoms with E-state index in [4.69, 9.17) is 5.11 Å². The topological polar surface area (TPSA) is 87.2 Å². The van der Waals surface area contributed by atoms with Crippen LogP contribution in [0.1, 0.15) is 13.8 Å². The van der Waals surface area contributed by atoms with Crippen LogP contribution in [0.15, 0.2) is 0 Å². The normalized spacial score (nSPS) is 10.3. The Morgan fingerprint density at radius 3 is 2.11 bits per heavy atom. The van der Waals surface area contributed by atoms with Crippen LogP contribution < -0.4 is 0 Å². The zero-order chi connectivity index (χ0) is 14.3. The van der Waals surface area contributed by atoms with Crippen LogP contribution in [0.2, 0.25) is 0 Å². The van der Waals surface area contributed by atoms with Crippen molar-refractivity contribution in [2.75, 3.05) is 33.9 Å². The molecule has 0 radical (unpaired) electrons. The first kappa shape index (κ1) is 16.4. The lowest BCUT2D eigenvalue weighted by Gasteiger charge is -2.27. The van der Waals surface area contributed by atoms with Crippen LogP contribution >= 0.6 is 0 Å². The van der Waals surface area contributed by atoms with Crippen LogP contribution in [0.3, 0.4) is 0 Å². The maximum atomic E-state index is 11.9. The van der Waals surface area contributed by atoms with E-state index in [1.807, 2.05) is 0 Å². The molecule has 7 heteroatoms. The van der Waals surface area contributed by atoms with Gasteiger partial charge < -0.3 is 19.6 Å². The van der Waals surface area contributed by atoms with Gasteiger partial charge >= 0.3 is 5.97 Å². The molecule has 1 N–H and O–H groups in total. The highest BCUT2D eigenvalue weighted by atomic mass is 16.5. The van der Waals surface area contributed by atoms with E-state index >= 15 is 0 Å². The molecule has 0 heterocycles. The molecule has 0 fully saturated rings. The Morgan fingerprint density at radius 2 is 1.72 bits per heavy atom. The molecule has 0 spiro atoms. The SMILES string of the molecule is COCC(=O)N(C)CC(=O)N(CC(=O)O)C(C)C. The molecule has 7 nitrogen and oxygen atoms in total. The fraction of sp³-hybridized carbons (Fsp3) is 0.727. The van der Waals surface area contributed by atoms with Crippen LogP contribution in [-0.2, 0) is 19.1 Å². The number of methoxy groups -OCH3 is 1. The van der Waals surface area contributed by atoms with Crippen molar-refractivity contribution < 1.29 is 24.2 Å². The van der Waals surface area contributed by atoms with E-state index in [0.717, 1.165) is 0 Å². The highest BCUT2D eigenvalue weighted by Gasteiger charge is 2.22. The van der Waals surface area contributed by atoms with E-state index in [1.165, 1.54) is 24.0 Å². The number of carboxylic acids is 1. The summed E-state index contributed by atoms with van der Waals surface area (Å²) in [5.74, 6) is -1.81. The Bertz CT molecular complexity index is 317. The van der Waals surface area contributed by atoms with Gasteiger partial charge in [0.15, 0.2) is 0 Å². The molecule has 0 aliphatic rings. The number of likely N-dealkylation sites (N-methyl/N-ethyl adjacent to an activating group) is 1. The molecule has 0 aromatic carbocycles. The summed E-state index contributed by atoms with van der Waals surface area (Å²) in [6.07, 6.45) is 0. The van der Waals surface area contributed by atoms with Gasteiger partial charge in [-0.15, -0.1) is 0 Å². The quantitative estimate of drug-likeness (QED) is 0.661. The van der Waals surface area contributed by atoms with E-state index < -0.39 is 11.9 Å². The van der Waals surface area contributed by atoms with Crippen LogP contribution in [0, 0.1) is 0 Å². The first-order valence-electron chi connectivity index (χ1n) is 5.53. The third-order valence-corrected chi connectivity index (χ3v) is 2.32. The molecule has 0 saturated carbocycles. The molecule has 2 amide bonds. The summed E-state index contributed by atoms with van der Waals surface area (Å²) < 4.78 is 4.67. The lowest BCUT2D eigenvalue weighted by Crippen LogP contribution is -2.46. The largest absolute Gasteiger partial charge is 0.480 e. The molecule has 0 rings (SSSR count). The number of rotatable bonds is 7. The number of amides is 2. The van der Waals surface area contributed by atoms with Crippen molar-refractivity contribution in [3.63, 3.8) is 0 Å². The first-order valence-corrected chi connectivity index (χ1v) is 5.53. The van der Waals surface area contributed by atoms with Crippen molar-refractivity contribution in [2.24, 2.45) is 0 Å². The van der Waals surface area contributed by atoms with Crippen LogP contribution in [0.4, 0.5) is 0 Å². The molecule has 0 saturated heterocycles. The third-order valence-electron chi connectivity index (χ3n) is 2.32. The number of hydrogen-bond donors (Lipinski definition) is 1. The average Bonchev–Trinajstić information content (AvgIpc) is 2.25. The van der Waals surface area contributed by atoms with Crippen molar-refractivity contribution >= 4 is 17.8 Å². The second-order valence-corrected chi connectivity index (χ2v) is 4.19. The highest BCUT2D eigenvalue weighted by Crippen LogP contribution is 2.00. The minimum atomic E-state index is -1.08.